The van der Waals surface area contributed by atoms with Gasteiger partial charge in [0.15, 0.2) is 12.4 Å². The fraction of sp³-hybridized carbons (Fsp3) is 0.185. The van der Waals surface area contributed by atoms with E-state index in [1.807, 2.05) is 0 Å². The maximum absolute atomic E-state index is 12.6. The number of halogens is 2. The van der Waals surface area contributed by atoms with Crippen molar-refractivity contribution in [2.24, 2.45) is 5.92 Å². The Morgan fingerprint density at radius 2 is 1.68 bits per heavy atom. The Bertz CT molecular complexity index is 1340. The molecule has 1 aliphatic heterocycles. The van der Waals surface area contributed by atoms with Gasteiger partial charge in [0.05, 0.1) is 24.3 Å². The first-order chi connectivity index (χ1) is 17.7. The monoisotopic (exact) mass is 585 g/mol. The minimum atomic E-state index is -0.732. The lowest BCUT2D eigenvalue weighted by molar-refractivity contribution is -0.147. The fourth-order valence-corrected chi connectivity index (χ4v) is 4.20. The van der Waals surface area contributed by atoms with E-state index in [0.717, 1.165) is 4.47 Å². The summed E-state index contributed by atoms with van der Waals surface area (Å²) in [4.78, 5) is 51.3. The van der Waals surface area contributed by atoms with Crippen LogP contribution in [0.15, 0.2) is 71.2 Å². The lowest BCUT2D eigenvalue weighted by Gasteiger charge is -2.19. The number of anilines is 1. The van der Waals surface area contributed by atoms with Crippen LogP contribution in [0.2, 0.25) is 5.02 Å². The maximum atomic E-state index is 12.6. The highest BCUT2D eigenvalue weighted by Crippen LogP contribution is 2.35. The average molecular weight is 587 g/mol. The molecule has 0 spiro atoms. The van der Waals surface area contributed by atoms with Crippen LogP contribution in [0.3, 0.4) is 0 Å². The fourth-order valence-electron chi connectivity index (χ4n) is 3.77. The van der Waals surface area contributed by atoms with Crippen molar-refractivity contribution in [3.63, 3.8) is 0 Å². The molecule has 8 nitrogen and oxygen atoms in total. The Hall–Kier alpha value is -3.69. The Kier molecular flexibility index (Phi) is 8.25. The van der Waals surface area contributed by atoms with Crippen molar-refractivity contribution in [3.8, 4) is 11.5 Å². The predicted molar refractivity (Wildman–Crippen MR) is 139 cm³/mol. The third-order valence-corrected chi connectivity index (χ3v) is 6.47. The van der Waals surface area contributed by atoms with E-state index in [2.05, 4.69) is 15.9 Å². The lowest BCUT2D eigenvalue weighted by Crippen LogP contribution is -2.27. The first-order valence-electron chi connectivity index (χ1n) is 11.2. The molecule has 190 valence electrons. The third-order valence-electron chi connectivity index (χ3n) is 5.70. The highest BCUT2D eigenvalue weighted by Gasteiger charge is 2.37. The molecule has 0 bridgehead atoms. The van der Waals surface area contributed by atoms with E-state index in [-0.39, 0.29) is 30.2 Å². The molecule has 1 fully saturated rings. The van der Waals surface area contributed by atoms with Crippen molar-refractivity contribution < 1.29 is 33.4 Å². The number of nitrogens with zero attached hydrogens (tertiary/aromatic N) is 1. The summed E-state index contributed by atoms with van der Waals surface area (Å²) < 4.78 is 16.7. The van der Waals surface area contributed by atoms with Crippen LogP contribution in [-0.4, -0.2) is 43.9 Å². The Morgan fingerprint density at radius 3 is 2.35 bits per heavy atom. The highest BCUT2D eigenvalue weighted by molar-refractivity contribution is 9.10. The summed E-state index contributed by atoms with van der Waals surface area (Å²) in [6.07, 6.45) is -0.0544. The first kappa shape index (κ1) is 26.4. The first-order valence-corrected chi connectivity index (χ1v) is 12.3. The van der Waals surface area contributed by atoms with Gasteiger partial charge in [-0.15, -0.1) is 0 Å². The Labute approximate surface area is 226 Å². The normalized spacial score (nSPS) is 14.8. The smallest absolute Gasteiger partial charge is 0.343 e. The van der Waals surface area contributed by atoms with Crippen LogP contribution in [0.5, 0.6) is 11.5 Å². The van der Waals surface area contributed by atoms with E-state index in [4.69, 9.17) is 25.8 Å². The molecule has 0 saturated carbocycles. The van der Waals surface area contributed by atoms with E-state index in [9.17, 15) is 19.2 Å². The number of methoxy groups -OCH3 is 1. The van der Waals surface area contributed by atoms with Gasteiger partial charge in [0.25, 0.3) is 0 Å². The van der Waals surface area contributed by atoms with Crippen LogP contribution in [0, 0.1) is 5.92 Å². The molecule has 0 N–H and O–H groups in total. The molecule has 1 atom stereocenters. The molecule has 10 heteroatoms. The molecule has 37 heavy (non-hydrogen) atoms. The van der Waals surface area contributed by atoms with Crippen LogP contribution in [0.4, 0.5) is 5.69 Å². The highest BCUT2D eigenvalue weighted by atomic mass is 79.9. The van der Waals surface area contributed by atoms with Gasteiger partial charge >= 0.3 is 11.9 Å². The molecule has 1 aliphatic rings. The summed E-state index contributed by atoms with van der Waals surface area (Å²) >= 11 is 9.37. The number of esters is 2. The van der Waals surface area contributed by atoms with Gasteiger partial charge in [-0.1, -0.05) is 27.5 Å². The molecule has 0 aromatic heterocycles. The van der Waals surface area contributed by atoms with Gasteiger partial charge in [0.1, 0.15) is 11.5 Å². The van der Waals surface area contributed by atoms with Crippen LogP contribution in [-0.2, 0) is 14.3 Å². The SMILES string of the molecule is COc1ccc(Cl)cc1N1CC(C(=O)OCC(=O)c2ccc(OC(=O)c3ccc(Br)cc3)cc2)CC1=O. The van der Waals surface area contributed by atoms with Crippen LogP contribution < -0.4 is 14.4 Å². The van der Waals surface area contributed by atoms with Gasteiger partial charge in [-0.25, -0.2) is 4.79 Å². The molecule has 1 saturated heterocycles. The zero-order chi connectivity index (χ0) is 26.5. The van der Waals surface area contributed by atoms with Gasteiger partial charge in [0.2, 0.25) is 5.91 Å². The number of carbonyl (C=O) groups is 4. The molecular weight excluding hydrogens is 566 g/mol. The van der Waals surface area contributed by atoms with Crippen molar-refractivity contribution in [2.75, 3.05) is 25.2 Å². The Balaban J connectivity index is 1.31. The number of rotatable bonds is 8. The number of carbonyl (C=O) groups excluding carboxylic acids is 4. The van der Waals surface area contributed by atoms with E-state index in [1.165, 1.54) is 36.3 Å². The quantitative estimate of drug-likeness (QED) is 0.205. The molecule has 1 amide bonds. The number of benzene rings is 3. The van der Waals surface area contributed by atoms with Crippen molar-refractivity contribution >= 4 is 56.8 Å². The summed E-state index contributed by atoms with van der Waals surface area (Å²) in [5.41, 5.74) is 1.13. The van der Waals surface area contributed by atoms with Gasteiger partial charge in [-0.3, -0.25) is 14.4 Å². The molecule has 3 aromatic carbocycles. The molecular formula is C27H21BrClNO7. The van der Waals surface area contributed by atoms with Gasteiger partial charge in [-0.05, 0) is 66.7 Å². The molecule has 4 rings (SSSR count). The molecule has 0 radical (unpaired) electrons. The average Bonchev–Trinajstić information content (AvgIpc) is 3.29. The zero-order valence-corrected chi connectivity index (χ0v) is 22.0. The van der Waals surface area contributed by atoms with Crippen molar-refractivity contribution in [1.29, 1.82) is 0 Å². The van der Waals surface area contributed by atoms with Crippen molar-refractivity contribution in [3.05, 3.63) is 87.4 Å². The van der Waals surface area contributed by atoms with Gasteiger partial charge < -0.3 is 19.1 Å². The Morgan fingerprint density at radius 1 is 1.00 bits per heavy atom. The van der Waals surface area contributed by atoms with Gasteiger partial charge in [0, 0.05) is 28.0 Å². The standard InChI is InChI=1S/C27H21BrClNO7/c1-35-24-11-8-20(29)13-22(24)30-14-18(12-25(30)32)26(33)36-15-23(31)16-4-9-21(10-5-16)37-27(34)17-2-6-19(28)7-3-17/h2-11,13,18H,12,14-15H2,1H3. The maximum Gasteiger partial charge on any atom is 0.343 e. The third kappa shape index (κ3) is 6.36. The number of ketones is 1. The van der Waals surface area contributed by atoms with Crippen molar-refractivity contribution in [2.45, 2.75) is 6.42 Å². The second kappa shape index (κ2) is 11.6. The van der Waals surface area contributed by atoms with Crippen LogP contribution in [0.1, 0.15) is 27.1 Å². The largest absolute Gasteiger partial charge is 0.495 e. The lowest BCUT2D eigenvalue weighted by atomic mass is 10.1. The van der Waals surface area contributed by atoms with Gasteiger partial charge in [-0.2, -0.15) is 0 Å². The van der Waals surface area contributed by atoms with Crippen LogP contribution >= 0.6 is 27.5 Å². The minimum Gasteiger partial charge on any atom is -0.495 e. The number of hydrogen-bond acceptors (Lipinski definition) is 7. The molecule has 1 unspecified atom stereocenters. The van der Waals surface area contributed by atoms with E-state index in [0.29, 0.717) is 22.0 Å². The number of Topliss-reactive ketones (excluding diaryl/α,β-unsaturated/α-hetero) is 1. The molecule has 1 heterocycles. The summed E-state index contributed by atoms with van der Waals surface area (Å²) in [7, 11) is 1.48. The van der Waals surface area contributed by atoms with E-state index >= 15 is 0 Å². The second-order valence-electron chi connectivity index (χ2n) is 8.17. The van der Waals surface area contributed by atoms with E-state index < -0.39 is 30.2 Å². The minimum absolute atomic E-state index is 0.0544. The summed E-state index contributed by atoms with van der Waals surface area (Å²) in [6, 6.07) is 17.5. The number of hydrogen-bond donors (Lipinski definition) is 0. The van der Waals surface area contributed by atoms with Crippen LogP contribution in [0.25, 0.3) is 0 Å². The predicted octanol–water partition coefficient (Wildman–Crippen LogP) is 5.11. The summed E-state index contributed by atoms with van der Waals surface area (Å²) in [5.74, 6) is -1.90. The molecule has 0 aliphatic carbocycles. The second-order valence-corrected chi connectivity index (χ2v) is 9.53. The number of ether oxygens (including phenoxy) is 3. The summed E-state index contributed by atoms with van der Waals surface area (Å²) in [6.45, 7) is -0.400. The summed E-state index contributed by atoms with van der Waals surface area (Å²) in [5, 5.41) is 0.425. The number of amides is 1. The topological polar surface area (TPSA) is 99.2 Å². The van der Waals surface area contributed by atoms with Crippen molar-refractivity contribution in [1.82, 2.24) is 0 Å². The molecule has 3 aromatic rings. The zero-order valence-electron chi connectivity index (χ0n) is 19.6. The van der Waals surface area contributed by atoms with E-state index in [1.54, 1.807) is 42.5 Å².